The predicted molar refractivity (Wildman–Crippen MR) is 260 cm³/mol. The van der Waals surface area contributed by atoms with Crippen molar-refractivity contribution in [3.63, 3.8) is 0 Å². The van der Waals surface area contributed by atoms with Gasteiger partial charge in [-0.25, -0.2) is 4.79 Å². The Morgan fingerprint density at radius 2 is 1.13 bits per heavy atom. The van der Waals surface area contributed by atoms with Crippen LogP contribution in [-0.2, 0) is 55.0 Å². The van der Waals surface area contributed by atoms with Gasteiger partial charge in [0.15, 0.2) is 12.3 Å². The van der Waals surface area contributed by atoms with Crippen molar-refractivity contribution in [2.75, 3.05) is 27.4 Å². The van der Waals surface area contributed by atoms with Crippen LogP contribution < -0.4 is 20.7 Å². The van der Waals surface area contributed by atoms with Crippen LogP contribution in [0.5, 0.6) is 11.5 Å². The number of ether oxygens (including phenoxy) is 5. The lowest BCUT2D eigenvalue weighted by Gasteiger charge is -2.41. The first-order valence-corrected chi connectivity index (χ1v) is 25.0. The number of aromatic amines is 1. The maximum Gasteiger partial charge on any atom is 0.330 e. The molecule has 0 aliphatic carbocycles. The Kier molecular flexibility index (Phi) is 14.7. The van der Waals surface area contributed by atoms with Gasteiger partial charge in [-0.05, 0) is 91.6 Å². The molecule has 70 heavy (non-hydrogen) atoms. The summed E-state index contributed by atoms with van der Waals surface area (Å²) in [6.45, 7) is 3.36. The summed E-state index contributed by atoms with van der Waals surface area (Å²) in [7, 11) is -6.27. The quantitative estimate of drug-likeness (QED) is 0.0620. The maximum absolute atomic E-state index is 14.6. The van der Waals surface area contributed by atoms with Gasteiger partial charge < -0.3 is 23.7 Å². The van der Waals surface area contributed by atoms with Gasteiger partial charge in [0.2, 0.25) is 0 Å². The number of nitrogens with one attached hydrogen (secondary N) is 1. The normalized spacial score (nSPS) is 18.4. The Morgan fingerprint density at radius 1 is 0.629 bits per heavy atom. The first-order chi connectivity index (χ1) is 33.6. The van der Waals surface area contributed by atoms with Crippen LogP contribution in [0, 0.1) is 20.8 Å². The first kappa shape index (κ1) is 49.7. The van der Waals surface area contributed by atoms with Gasteiger partial charge in [-0.1, -0.05) is 120 Å². The molecule has 0 amide bonds. The zero-order valence-electron chi connectivity index (χ0n) is 39.0. The Morgan fingerprint density at radius 3 is 1.66 bits per heavy atom. The molecule has 1 saturated heterocycles. The van der Waals surface area contributed by atoms with Gasteiger partial charge in [0, 0.05) is 11.8 Å². The number of hydrogen-bond acceptors (Lipinski definition) is 13. The molecule has 364 valence electrons. The molecule has 0 saturated carbocycles. The van der Waals surface area contributed by atoms with Crippen LogP contribution in [0.2, 0.25) is 0 Å². The number of methoxy groups -OCH3 is 2. The summed E-state index contributed by atoms with van der Waals surface area (Å²) in [5, 5.41) is 0. The minimum absolute atomic E-state index is 0.0687. The molecule has 0 spiro atoms. The molecule has 1 fully saturated rings. The second-order valence-electron chi connectivity index (χ2n) is 16.9. The minimum atomic E-state index is -4.75. The van der Waals surface area contributed by atoms with Crippen LogP contribution in [0.4, 0.5) is 0 Å². The largest absolute Gasteiger partial charge is 0.497 e. The van der Waals surface area contributed by atoms with E-state index in [1.807, 2.05) is 60.7 Å². The second-order valence-corrected chi connectivity index (χ2v) is 20.1. The Bertz CT molecular complexity index is 3190. The molecule has 1 aliphatic heterocycles. The molecule has 0 radical (unpaired) electrons. The van der Waals surface area contributed by atoms with Gasteiger partial charge in [0.1, 0.15) is 35.4 Å². The molecule has 0 bridgehead atoms. The number of H-pyrrole nitrogens is 1. The van der Waals surface area contributed by atoms with Crippen LogP contribution in [-0.4, -0.2) is 71.6 Å². The fourth-order valence-electron chi connectivity index (χ4n) is 8.35. The number of aromatic nitrogens is 2. The molecular formula is C53H52N2O13S2. The molecule has 1 aromatic heterocycles. The van der Waals surface area contributed by atoms with E-state index in [0.29, 0.717) is 33.8 Å². The summed E-state index contributed by atoms with van der Waals surface area (Å²) < 4.78 is 103. The zero-order valence-corrected chi connectivity index (χ0v) is 40.6. The van der Waals surface area contributed by atoms with E-state index in [1.165, 1.54) is 37.4 Å². The standard InChI is InChI=1S/C53H52N2O13S2/c1-36-16-28-45(29-17-36)69(58,59)66-35-52(34-65-53(40-14-10-7-11-15-40,41-20-24-43(62-4)25-21-41)42-22-26-44(63-5)27-23-42)48(64-33-39-12-8-6-9-13-39)47(68-70(60,61)46-30-18-37(2)19-31-46)50(67-52)55-32-38(3)49(56)54-51(55)57/h6-32,47-48,50H,33-35H2,1-5H3,(H,54,56,57)/t47-,48-,50-,52-/m1/s1. The van der Waals surface area contributed by atoms with Crippen molar-refractivity contribution in [2.24, 2.45) is 0 Å². The van der Waals surface area contributed by atoms with Crippen LogP contribution in [0.15, 0.2) is 183 Å². The number of aryl methyl sites for hydroxylation is 3. The van der Waals surface area contributed by atoms with E-state index in [9.17, 15) is 26.4 Å². The summed E-state index contributed by atoms with van der Waals surface area (Å²) in [6.07, 6.45) is -3.96. The van der Waals surface area contributed by atoms with E-state index in [-0.39, 0.29) is 22.0 Å². The van der Waals surface area contributed by atoms with Crippen molar-refractivity contribution in [2.45, 2.75) is 66.8 Å². The third-order valence-corrected chi connectivity index (χ3v) is 14.8. The third kappa shape index (κ3) is 10.4. The average Bonchev–Trinajstić information content (AvgIpc) is 3.66. The van der Waals surface area contributed by atoms with Crippen LogP contribution >= 0.6 is 0 Å². The second kappa shape index (κ2) is 20.7. The van der Waals surface area contributed by atoms with E-state index in [4.69, 9.17) is 32.1 Å². The molecule has 1 aliphatic rings. The van der Waals surface area contributed by atoms with Crippen LogP contribution in [0.25, 0.3) is 0 Å². The fourth-order valence-corrected chi connectivity index (χ4v) is 10.4. The minimum Gasteiger partial charge on any atom is -0.497 e. The highest BCUT2D eigenvalue weighted by Crippen LogP contribution is 2.47. The molecule has 4 atom stereocenters. The van der Waals surface area contributed by atoms with E-state index < -0.39 is 74.3 Å². The Hall–Kier alpha value is -6.70. The molecule has 7 aromatic rings. The molecule has 6 aromatic carbocycles. The van der Waals surface area contributed by atoms with E-state index in [0.717, 1.165) is 15.7 Å². The predicted octanol–water partition coefficient (Wildman–Crippen LogP) is 7.52. The lowest BCUT2D eigenvalue weighted by Crippen LogP contribution is -2.54. The van der Waals surface area contributed by atoms with Gasteiger partial charge >= 0.3 is 5.69 Å². The van der Waals surface area contributed by atoms with Crippen molar-refractivity contribution in [3.8, 4) is 11.5 Å². The first-order valence-electron chi connectivity index (χ1n) is 22.2. The van der Waals surface area contributed by atoms with Gasteiger partial charge in [-0.3, -0.25) is 22.7 Å². The van der Waals surface area contributed by atoms with E-state index >= 15 is 0 Å². The lowest BCUT2D eigenvalue weighted by molar-refractivity contribution is -0.184. The molecule has 1 N–H and O–H groups in total. The van der Waals surface area contributed by atoms with Crippen LogP contribution in [0.3, 0.4) is 0 Å². The molecule has 15 nitrogen and oxygen atoms in total. The monoisotopic (exact) mass is 988 g/mol. The summed E-state index contributed by atoms with van der Waals surface area (Å²) in [4.78, 5) is 28.7. The number of nitrogens with zero attached hydrogens (tertiary/aromatic N) is 1. The molecule has 0 unspecified atom stereocenters. The van der Waals surface area contributed by atoms with E-state index in [1.54, 1.807) is 101 Å². The number of hydrogen-bond donors (Lipinski definition) is 1. The third-order valence-electron chi connectivity index (χ3n) is 12.2. The van der Waals surface area contributed by atoms with Gasteiger partial charge in [-0.15, -0.1) is 0 Å². The molecule has 2 heterocycles. The summed E-state index contributed by atoms with van der Waals surface area (Å²) >= 11 is 0. The zero-order chi connectivity index (χ0) is 49.7. The van der Waals surface area contributed by atoms with Gasteiger partial charge in [-0.2, -0.15) is 16.8 Å². The van der Waals surface area contributed by atoms with Crippen molar-refractivity contribution in [1.29, 1.82) is 0 Å². The highest BCUT2D eigenvalue weighted by molar-refractivity contribution is 7.87. The summed E-state index contributed by atoms with van der Waals surface area (Å²) in [6, 6.07) is 44.6. The summed E-state index contributed by atoms with van der Waals surface area (Å²) in [5.74, 6) is 1.11. The summed E-state index contributed by atoms with van der Waals surface area (Å²) in [5.41, 5.74) is -1.36. The highest BCUT2D eigenvalue weighted by atomic mass is 32.2. The number of rotatable bonds is 19. The van der Waals surface area contributed by atoms with Gasteiger partial charge in [0.25, 0.3) is 25.8 Å². The molecule has 8 rings (SSSR count). The highest BCUT2D eigenvalue weighted by Gasteiger charge is 2.61. The maximum atomic E-state index is 14.6. The topological polar surface area (TPSA) is 188 Å². The Balaban J connectivity index is 1.38. The van der Waals surface area contributed by atoms with Crippen LogP contribution in [0.1, 0.15) is 45.2 Å². The van der Waals surface area contributed by atoms with Gasteiger partial charge in [0.05, 0.1) is 37.2 Å². The molecular weight excluding hydrogens is 937 g/mol. The fraction of sp³-hybridized carbons (Fsp3) is 0.245. The van der Waals surface area contributed by atoms with Crippen molar-refractivity contribution in [3.05, 3.63) is 224 Å². The van der Waals surface area contributed by atoms with E-state index in [2.05, 4.69) is 4.98 Å². The number of benzene rings is 6. The average molecular weight is 989 g/mol. The Labute approximate surface area is 406 Å². The van der Waals surface area contributed by atoms with Crippen molar-refractivity contribution < 1.29 is 48.9 Å². The lowest BCUT2D eigenvalue weighted by atomic mass is 9.79. The van der Waals surface area contributed by atoms with Crippen molar-refractivity contribution in [1.82, 2.24) is 9.55 Å². The molecule has 17 heteroatoms. The van der Waals surface area contributed by atoms with Crippen molar-refractivity contribution >= 4 is 20.2 Å². The SMILES string of the molecule is COc1ccc(C(OC[C@]2(COS(=O)(=O)c3ccc(C)cc3)O[C@@H](n3cc(C)c(=O)[nH]c3=O)[C@H](OS(=O)(=O)c3ccc(C)cc3)[C@H]2OCc2ccccc2)(c2ccccc2)c2ccc(OC)cc2)cc1. The smallest absolute Gasteiger partial charge is 0.330 e.